The number of ether oxygens (including phenoxy) is 1. The number of amides is 2. The highest BCUT2D eigenvalue weighted by Crippen LogP contribution is 2.30. The highest BCUT2D eigenvalue weighted by atomic mass is 19.1. The summed E-state index contributed by atoms with van der Waals surface area (Å²) in [5, 5.41) is 25.1. The molecule has 2 atom stereocenters. The second kappa shape index (κ2) is 9.71. The van der Waals surface area contributed by atoms with Crippen LogP contribution in [0.2, 0.25) is 0 Å². The summed E-state index contributed by atoms with van der Waals surface area (Å²) in [6.07, 6.45) is 2.89. The lowest BCUT2D eigenvalue weighted by molar-refractivity contribution is 0.0896. The molecule has 3 aromatic rings. The number of halogens is 1. The highest BCUT2D eigenvalue weighted by Gasteiger charge is 2.30. The number of hydrogen-bond donors (Lipinski definition) is 5. The minimum absolute atomic E-state index is 0.0896. The first-order chi connectivity index (χ1) is 16.4. The molecule has 1 aliphatic rings. The highest BCUT2D eigenvalue weighted by molar-refractivity contribution is 6.11. The quantitative estimate of drug-likeness (QED) is 0.326. The van der Waals surface area contributed by atoms with E-state index >= 15 is 0 Å². The van der Waals surface area contributed by atoms with Crippen LogP contribution in [0.1, 0.15) is 36.6 Å². The van der Waals surface area contributed by atoms with Crippen LogP contribution in [0.3, 0.4) is 0 Å². The van der Waals surface area contributed by atoms with Crippen LogP contribution in [0.5, 0.6) is 11.5 Å². The number of rotatable bonds is 7. The number of carbonyl (C=O) groups excluding carboxylic acids is 3. The van der Waals surface area contributed by atoms with E-state index in [4.69, 9.17) is 4.74 Å². The maximum atomic E-state index is 14.5. The van der Waals surface area contributed by atoms with Crippen LogP contribution >= 0.6 is 0 Å². The van der Waals surface area contributed by atoms with Crippen LogP contribution in [0.4, 0.5) is 4.39 Å². The normalized spacial score (nSPS) is 17.2. The Bertz CT molecular complexity index is 1210. The van der Waals surface area contributed by atoms with Crippen molar-refractivity contribution < 1.29 is 28.6 Å². The monoisotopic (exact) mass is 467 g/mol. The molecular weight excluding hydrogens is 445 g/mol. The van der Waals surface area contributed by atoms with Gasteiger partial charge in [-0.15, -0.1) is 0 Å². The number of nitrogens with one attached hydrogen (secondary N) is 4. The van der Waals surface area contributed by atoms with Gasteiger partial charge in [0.15, 0.2) is 17.3 Å². The van der Waals surface area contributed by atoms with E-state index in [-0.39, 0.29) is 34.9 Å². The smallest absolute Gasteiger partial charge is 0.254 e. The van der Waals surface area contributed by atoms with Gasteiger partial charge < -0.3 is 25.8 Å². The first kappa shape index (κ1) is 22.9. The summed E-state index contributed by atoms with van der Waals surface area (Å²) < 4.78 is 19.4. The molecule has 34 heavy (non-hydrogen) atoms. The van der Waals surface area contributed by atoms with Crippen molar-refractivity contribution >= 4 is 17.6 Å². The number of aromatic amines is 1. The summed E-state index contributed by atoms with van der Waals surface area (Å²) in [5.74, 6) is -3.10. The standard InChI is InChI=1S/C23H22FN5O5/c1-34-18-7-6-17(30)19(20(18)24)21(31)12-2-4-13(5-3-12)22(32)28-15-10-25-11-16(15)29-23(33)14-8-26-27-9-14/h2-9,15-16,25,30H,10-11H2,1H3,(H,26,27)(H,28,32)(H,29,33)/t15?,16-/m1/s1. The SMILES string of the molecule is COc1ccc(O)c(C(=O)c2ccc(C(=O)NC3CNC[C@H]3NC(=O)c3cn[nH]c3)cc2)c1F. The number of hydrogen-bond acceptors (Lipinski definition) is 7. The summed E-state index contributed by atoms with van der Waals surface area (Å²) in [4.78, 5) is 37.8. The minimum Gasteiger partial charge on any atom is -0.507 e. The Morgan fingerprint density at radius 2 is 1.62 bits per heavy atom. The largest absolute Gasteiger partial charge is 0.507 e. The zero-order chi connectivity index (χ0) is 24.2. The number of benzene rings is 2. The molecule has 1 saturated heterocycles. The summed E-state index contributed by atoms with van der Waals surface area (Å²) in [5.41, 5.74) is 0.242. The Morgan fingerprint density at radius 3 is 2.21 bits per heavy atom. The van der Waals surface area contributed by atoms with E-state index in [1.807, 2.05) is 0 Å². The lowest BCUT2D eigenvalue weighted by atomic mass is 10.00. The van der Waals surface area contributed by atoms with Crippen molar-refractivity contribution in [1.29, 1.82) is 0 Å². The first-order valence-corrected chi connectivity index (χ1v) is 10.4. The number of phenols is 1. The summed E-state index contributed by atoms with van der Waals surface area (Å²) in [6, 6.07) is 7.32. The summed E-state index contributed by atoms with van der Waals surface area (Å²) >= 11 is 0. The van der Waals surface area contributed by atoms with E-state index in [2.05, 4.69) is 26.1 Å². The van der Waals surface area contributed by atoms with Crippen LogP contribution in [0.25, 0.3) is 0 Å². The first-order valence-electron chi connectivity index (χ1n) is 10.4. The Kier molecular flexibility index (Phi) is 6.55. The topological polar surface area (TPSA) is 145 Å². The number of methoxy groups -OCH3 is 1. The van der Waals surface area contributed by atoms with Gasteiger partial charge >= 0.3 is 0 Å². The van der Waals surface area contributed by atoms with Gasteiger partial charge in [-0.2, -0.15) is 5.10 Å². The van der Waals surface area contributed by atoms with E-state index in [0.717, 1.165) is 0 Å². The maximum Gasteiger partial charge on any atom is 0.254 e. The molecule has 5 N–H and O–H groups in total. The predicted molar refractivity (Wildman–Crippen MR) is 118 cm³/mol. The fraction of sp³-hybridized carbons (Fsp3) is 0.217. The van der Waals surface area contributed by atoms with Crippen molar-refractivity contribution in [3.8, 4) is 11.5 Å². The molecule has 0 saturated carbocycles. The number of aromatic nitrogens is 2. The molecular formula is C23H22FN5O5. The van der Waals surface area contributed by atoms with E-state index < -0.39 is 28.8 Å². The third kappa shape index (κ3) is 4.59. The number of ketones is 1. The third-order valence-corrected chi connectivity index (χ3v) is 5.55. The predicted octanol–water partition coefficient (Wildman–Crippen LogP) is 0.994. The molecule has 2 heterocycles. The fourth-order valence-corrected chi connectivity index (χ4v) is 3.70. The molecule has 0 aliphatic carbocycles. The van der Waals surface area contributed by atoms with Crippen LogP contribution in [0.15, 0.2) is 48.8 Å². The van der Waals surface area contributed by atoms with Crippen molar-refractivity contribution in [3.05, 3.63) is 76.9 Å². The molecule has 2 amide bonds. The van der Waals surface area contributed by atoms with E-state index in [1.165, 1.54) is 55.9 Å². The van der Waals surface area contributed by atoms with Gasteiger partial charge in [-0.3, -0.25) is 19.5 Å². The van der Waals surface area contributed by atoms with Crippen molar-refractivity contribution in [1.82, 2.24) is 26.1 Å². The molecule has 1 fully saturated rings. The number of H-pyrrole nitrogens is 1. The molecule has 1 aliphatic heterocycles. The van der Waals surface area contributed by atoms with E-state index in [9.17, 15) is 23.9 Å². The molecule has 0 bridgehead atoms. The van der Waals surface area contributed by atoms with E-state index in [1.54, 1.807) is 0 Å². The number of nitrogens with zero attached hydrogens (tertiary/aromatic N) is 1. The van der Waals surface area contributed by atoms with Crippen molar-refractivity contribution in [2.75, 3.05) is 20.2 Å². The molecule has 10 nitrogen and oxygen atoms in total. The Balaban J connectivity index is 1.43. The molecule has 11 heteroatoms. The zero-order valence-corrected chi connectivity index (χ0v) is 18.1. The molecule has 176 valence electrons. The second-order valence-corrected chi connectivity index (χ2v) is 7.69. The number of carbonyl (C=O) groups is 3. The second-order valence-electron chi connectivity index (χ2n) is 7.69. The lowest BCUT2D eigenvalue weighted by Gasteiger charge is -2.21. The van der Waals surface area contributed by atoms with Gasteiger partial charge in [0.25, 0.3) is 11.8 Å². The van der Waals surface area contributed by atoms with Gasteiger partial charge in [0.2, 0.25) is 0 Å². The van der Waals surface area contributed by atoms with Gasteiger partial charge in [-0.1, -0.05) is 12.1 Å². The van der Waals surface area contributed by atoms with Crippen molar-refractivity contribution in [2.45, 2.75) is 12.1 Å². The fourth-order valence-electron chi connectivity index (χ4n) is 3.70. The summed E-state index contributed by atoms with van der Waals surface area (Å²) in [7, 11) is 1.25. The van der Waals surface area contributed by atoms with Crippen LogP contribution in [-0.2, 0) is 0 Å². The molecule has 0 radical (unpaired) electrons. The average molecular weight is 467 g/mol. The maximum absolute atomic E-state index is 14.5. The molecule has 0 spiro atoms. The molecule has 1 unspecified atom stereocenters. The third-order valence-electron chi connectivity index (χ3n) is 5.55. The average Bonchev–Trinajstić information content (AvgIpc) is 3.52. The Labute approximate surface area is 193 Å². The van der Waals surface area contributed by atoms with Gasteiger partial charge in [-0.05, 0) is 24.3 Å². The zero-order valence-electron chi connectivity index (χ0n) is 18.1. The summed E-state index contributed by atoms with van der Waals surface area (Å²) in [6.45, 7) is 0.949. The van der Waals surface area contributed by atoms with Gasteiger partial charge in [0, 0.05) is 30.4 Å². The van der Waals surface area contributed by atoms with Crippen LogP contribution in [-0.4, -0.2) is 65.2 Å². The van der Waals surface area contributed by atoms with Crippen LogP contribution < -0.4 is 20.7 Å². The van der Waals surface area contributed by atoms with Crippen molar-refractivity contribution in [2.24, 2.45) is 0 Å². The number of aromatic hydroxyl groups is 1. The van der Waals surface area contributed by atoms with Gasteiger partial charge in [0.05, 0.1) is 31.0 Å². The van der Waals surface area contributed by atoms with Gasteiger partial charge in [-0.25, -0.2) is 4.39 Å². The minimum atomic E-state index is -0.966. The Hall–Kier alpha value is -4.25. The van der Waals surface area contributed by atoms with Crippen molar-refractivity contribution in [3.63, 3.8) is 0 Å². The lowest BCUT2D eigenvalue weighted by Crippen LogP contribution is -2.50. The Morgan fingerprint density at radius 1 is 1.00 bits per heavy atom. The van der Waals surface area contributed by atoms with Gasteiger partial charge in [0.1, 0.15) is 11.3 Å². The van der Waals surface area contributed by atoms with Crippen LogP contribution in [0, 0.1) is 5.82 Å². The molecule has 4 rings (SSSR count). The van der Waals surface area contributed by atoms with E-state index in [0.29, 0.717) is 18.7 Å². The molecule has 2 aromatic carbocycles. The molecule has 1 aromatic heterocycles. The number of phenolic OH excluding ortho intramolecular Hbond substituents is 1.